The Balaban J connectivity index is 1.75. The first-order valence-electron chi connectivity index (χ1n) is 7.52. The maximum Gasteiger partial charge on any atom is 0.325 e. The molecule has 1 N–H and O–H groups in total. The molecule has 0 aliphatic carbocycles. The maximum atomic E-state index is 12.7. The van der Waals surface area contributed by atoms with Gasteiger partial charge in [-0.1, -0.05) is 23.7 Å². The zero-order valence-electron chi connectivity index (χ0n) is 12.5. The summed E-state index contributed by atoms with van der Waals surface area (Å²) in [7, 11) is 0. The Hall–Kier alpha value is -1.59. The summed E-state index contributed by atoms with van der Waals surface area (Å²) < 4.78 is 5.55. The third-order valence-corrected chi connectivity index (χ3v) is 4.61. The van der Waals surface area contributed by atoms with Crippen molar-refractivity contribution in [2.45, 2.75) is 37.8 Å². The molecule has 2 heterocycles. The van der Waals surface area contributed by atoms with Crippen LogP contribution in [0, 0.1) is 0 Å². The first kappa shape index (κ1) is 15.3. The molecule has 2 fully saturated rings. The molecule has 0 saturated carbocycles. The summed E-state index contributed by atoms with van der Waals surface area (Å²) in [6.07, 6.45) is 2.88. The van der Waals surface area contributed by atoms with Gasteiger partial charge in [-0.05, 0) is 43.9 Å². The second-order valence-electron chi connectivity index (χ2n) is 5.95. The van der Waals surface area contributed by atoms with E-state index in [0.717, 1.165) is 19.4 Å². The Morgan fingerprint density at radius 1 is 1.45 bits per heavy atom. The van der Waals surface area contributed by atoms with E-state index in [1.807, 2.05) is 0 Å². The van der Waals surface area contributed by atoms with Crippen LogP contribution >= 0.6 is 11.6 Å². The van der Waals surface area contributed by atoms with Crippen molar-refractivity contribution in [2.24, 2.45) is 0 Å². The predicted octanol–water partition coefficient (Wildman–Crippen LogP) is 2.68. The van der Waals surface area contributed by atoms with E-state index in [-0.39, 0.29) is 18.0 Å². The first-order chi connectivity index (χ1) is 10.5. The van der Waals surface area contributed by atoms with Crippen LogP contribution in [0.1, 0.15) is 31.7 Å². The van der Waals surface area contributed by atoms with Crippen LogP contribution in [0.15, 0.2) is 24.3 Å². The number of nitrogens with one attached hydrogen (secondary N) is 1. The van der Waals surface area contributed by atoms with Crippen LogP contribution in [0.3, 0.4) is 0 Å². The number of halogens is 1. The number of ether oxygens (including phenoxy) is 1. The van der Waals surface area contributed by atoms with Crippen molar-refractivity contribution in [1.82, 2.24) is 10.2 Å². The molecule has 3 rings (SSSR count). The normalized spacial score (nSPS) is 28.3. The van der Waals surface area contributed by atoms with Gasteiger partial charge in [-0.3, -0.25) is 9.69 Å². The number of hydrogen-bond donors (Lipinski definition) is 1. The average molecular weight is 323 g/mol. The molecule has 5 nitrogen and oxygen atoms in total. The predicted molar refractivity (Wildman–Crippen MR) is 82.6 cm³/mol. The number of hydrogen-bond acceptors (Lipinski definition) is 3. The van der Waals surface area contributed by atoms with Gasteiger partial charge in [-0.25, -0.2) is 4.79 Å². The summed E-state index contributed by atoms with van der Waals surface area (Å²) in [6, 6.07) is 6.67. The molecule has 1 aromatic carbocycles. The molecule has 0 spiro atoms. The van der Waals surface area contributed by atoms with E-state index < -0.39 is 5.54 Å². The smallest absolute Gasteiger partial charge is 0.325 e. The van der Waals surface area contributed by atoms with Crippen LogP contribution in [-0.2, 0) is 15.1 Å². The number of carbonyl (C=O) groups excluding carboxylic acids is 2. The lowest BCUT2D eigenvalue weighted by Crippen LogP contribution is -2.41. The number of carbonyl (C=O) groups is 2. The number of urea groups is 1. The molecule has 1 aromatic rings. The van der Waals surface area contributed by atoms with Crippen molar-refractivity contribution in [1.29, 1.82) is 0 Å². The van der Waals surface area contributed by atoms with Crippen LogP contribution < -0.4 is 5.32 Å². The van der Waals surface area contributed by atoms with Crippen LogP contribution in [0.25, 0.3) is 0 Å². The Morgan fingerprint density at radius 2 is 2.27 bits per heavy atom. The van der Waals surface area contributed by atoms with Crippen LogP contribution in [0.2, 0.25) is 5.02 Å². The molecule has 0 aromatic heterocycles. The lowest BCUT2D eigenvalue weighted by molar-refractivity contribution is -0.131. The minimum atomic E-state index is -1.06. The molecule has 22 heavy (non-hydrogen) atoms. The molecule has 3 amide bonds. The van der Waals surface area contributed by atoms with E-state index in [0.29, 0.717) is 23.6 Å². The summed E-state index contributed by atoms with van der Waals surface area (Å²) in [4.78, 5) is 26.2. The Kier molecular flexibility index (Phi) is 4.10. The van der Waals surface area contributed by atoms with Gasteiger partial charge in [0.05, 0.1) is 6.10 Å². The number of benzene rings is 1. The van der Waals surface area contributed by atoms with Crippen LogP contribution in [0.4, 0.5) is 4.79 Å². The van der Waals surface area contributed by atoms with Crippen molar-refractivity contribution < 1.29 is 14.3 Å². The lowest BCUT2D eigenvalue weighted by Gasteiger charge is -2.22. The van der Waals surface area contributed by atoms with E-state index in [4.69, 9.17) is 16.3 Å². The van der Waals surface area contributed by atoms with Gasteiger partial charge in [0.25, 0.3) is 5.91 Å². The van der Waals surface area contributed by atoms with Crippen molar-refractivity contribution in [3.63, 3.8) is 0 Å². The highest BCUT2D eigenvalue weighted by Gasteiger charge is 2.48. The molecule has 2 saturated heterocycles. The molecular weight excluding hydrogens is 304 g/mol. The zero-order chi connectivity index (χ0) is 15.7. The Bertz CT molecular complexity index is 601. The highest BCUT2D eigenvalue weighted by molar-refractivity contribution is 6.30. The van der Waals surface area contributed by atoms with Crippen LogP contribution in [-0.4, -0.2) is 36.1 Å². The number of amides is 3. The molecule has 2 atom stereocenters. The quantitative estimate of drug-likeness (QED) is 0.867. The van der Waals surface area contributed by atoms with Crippen molar-refractivity contribution in [3.05, 3.63) is 34.9 Å². The molecule has 2 unspecified atom stereocenters. The molecule has 0 bridgehead atoms. The van der Waals surface area contributed by atoms with E-state index >= 15 is 0 Å². The first-order valence-corrected chi connectivity index (χ1v) is 7.90. The fraction of sp³-hybridized carbons (Fsp3) is 0.500. The van der Waals surface area contributed by atoms with Crippen molar-refractivity contribution in [2.75, 3.05) is 13.2 Å². The molecule has 6 heteroatoms. The monoisotopic (exact) mass is 322 g/mol. The fourth-order valence-corrected chi connectivity index (χ4v) is 3.23. The number of rotatable bonds is 4. The second kappa shape index (κ2) is 5.89. The Labute approximate surface area is 134 Å². The molecular formula is C16H19ClN2O3. The summed E-state index contributed by atoms with van der Waals surface area (Å²) >= 11 is 6.00. The third kappa shape index (κ3) is 2.71. The SMILES string of the molecule is CC1(c2cccc(Cl)c2)NC(=O)N(CCC2CCCO2)C1=O. The summed E-state index contributed by atoms with van der Waals surface area (Å²) in [6.45, 7) is 2.86. The number of nitrogens with zero attached hydrogens (tertiary/aromatic N) is 1. The molecule has 118 valence electrons. The Morgan fingerprint density at radius 3 is 2.95 bits per heavy atom. The second-order valence-corrected chi connectivity index (χ2v) is 6.38. The minimum Gasteiger partial charge on any atom is -0.378 e. The van der Waals surface area contributed by atoms with E-state index in [1.165, 1.54) is 4.90 Å². The summed E-state index contributed by atoms with van der Waals surface area (Å²) in [5, 5.41) is 3.33. The summed E-state index contributed by atoms with van der Waals surface area (Å²) in [5.74, 6) is -0.238. The van der Waals surface area contributed by atoms with Gasteiger partial charge in [0, 0.05) is 18.2 Å². The van der Waals surface area contributed by atoms with Gasteiger partial charge in [0.1, 0.15) is 5.54 Å². The highest BCUT2D eigenvalue weighted by Crippen LogP contribution is 2.30. The molecule has 0 radical (unpaired) electrons. The van der Waals surface area contributed by atoms with Gasteiger partial charge in [0.2, 0.25) is 0 Å². The van der Waals surface area contributed by atoms with E-state index in [9.17, 15) is 9.59 Å². The minimum absolute atomic E-state index is 0.152. The van der Waals surface area contributed by atoms with Gasteiger partial charge in [0.15, 0.2) is 0 Å². The van der Waals surface area contributed by atoms with Gasteiger partial charge < -0.3 is 10.1 Å². The standard InChI is InChI=1S/C16H19ClN2O3/c1-16(11-4-2-5-12(17)10-11)14(20)19(15(21)18-16)8-7-13-6-3-9-22-13/h2,4-5,10,13H,3,6-9H2,1H3,(H,18,21). The summed E-state index contributed by atoms with van der Waals surface area (Å²) in [5.41, 5.74) is -0.364. The van der Waals surface area contributed by atoms with E-state index in [1.54, 1.807) is 31.2 Å². The molecule has 2 aliphatic heterocycles. The van der Waals surface area contributed by atoms with Gasteiger partial charge >= 0.3 is 6.03 Å². The van der Waals surface area contributed by atoms with E-state index in [2.05, 4.69) is 5.32 Å². The van der Waals surface area contributed by atoms with Gasteiger partial charge in [-0.15, -0.1) is 0 Å². The average Bonchev–Trinajstić information content (AvgIpc) is 3.06. The topological polar surface area (TPSA) is 58.6 Å². The molecule has 2 aliphatic rings. The zero-order valence-corrected chi connectivity index (χ0v) is 13.2. The van der Waals surface area contributed by atoms with Crippen molar-refractivity contribution >= 4 is 23.5 Å². The van der Waals surface area contributed by atoms with Crippen molar-refractivity contribution in [3.8, 4) is 0 Å². The number of imide groups is 1. The fourth-order valence-electron chi connectivity index (χ4n) is 3.04. The third-order valence-electron chi connectivity index (χ3n) is 4.38. The lowest BCUT2D eigenvalue weighted by atomic mass is 9.92. The largest absolute Gasteiger partial charge is 0.378 e. The van der Waals surface area contributed by atoms with Crippen LogP contribution in [0.5, 0.6) is 0 Å². The maximum absolute atomic E-state index is 12.7. The van der Waals surface area contributed by atoms with Gasteiger partial charge in [-0.2, -0.15) is 0 Å². The highest BCUT2D eigenvalue weighted by atomic mass is 35.5.